The van der Waals surface area contributed by atoms with Crippen molar-refractivity contribution in [2.45, 2.75) is 83.6 Å². The van der Waals surface area contributed by atoms with E-state index in [1.807, 2.05) is 72.8 Å². The number of rotatable bonds is 23. The predicted molar refractivity (Wildman–Crippen MR) is 345 cm³/mol. The highest BCUT2D eigenvalue weighted by Gasteiger charge is 2.27. The molecule has 4 heterocycles. The molecule has 89 heavy (non-hydrogen) atoms. The fourth-order valence-corrected chi connectivity index (χ4v) is 11.5. The van der Waals surface area contributed by atoms with Gasteiger partial charge in [-0.1, -0.05) is 53.9 Å². The third kappa shape index (κ3) is 18.4. The van der Waals surface area contributed by atoms with E-state index in [1.165, 1.54) is 55.9 Å². The first-order chi connectivity index (χ1) is 42.8. The topological polar surface area (TPSA) is 209 Å². The molecule has 16 nitrogen and oxygen atoms in total. The van der Waals surface area contributed by atoms with Gasteiger partial charge in [0.25, 0.3) is 0 Å². The third-order valence-corrected chi connectivity index (χ3v) is 17.5. The van der Waals surface area contributed by atoms with Gasteiger partial charge in [-0.2, -0.15) is 0 Å². The Kier molecular flexibility index (Phi) is 21.0. The molecular weight excluding hydrogens is 1220 g/mol. The van der Waals surface area contributed by atoms with E-state index in [4.69, 9.17) is 41.5 Å². The summed E-state index contributed by atoms with van der Waals surface area (Å²) in [6.45, 7) is 1.44. The van der Waals surface area contributed by atoms with Gasteiger partial charge in [0.1, 0.15) is 109 Å². The number of nitrogens with zero attached hydrogens (tertiary/aromatic N) is 5. The van der Waals surface area contributed by atoms with Crippen LogP contribution in [0.1, 0.15) is 74.0 Å². The largest absolute Gasteiger partial charge is 0.487 e. The van der Waals surface area contributed by atoms with Crippen molar-refractivity contribution in [3.8, 4) is 34.1 Å². The van der Waals surface area contributed by atoms with Crippen LogP contribution in [-0.4, -0.2) is 84.1 Å². The van der Waals surface area contributed by atoms with Gasteiger partial charge in [-0.15, -0.1) is 0 Å². The Morgan fingerprint density at radius 2 is 1.09 bits per heavy atom. The monoisotopic (exact) mass is 1280 g/mol. The Bertz CT molecular complexity index is 4350. The van der Waals surface area contributed by atoms with E-state index in [9.17, 15) is 30.4 Å². The summed E-state index contributed by atoms with van der Waals surface area (Å²) in [5.41, 5.74) is 6.09. The molecule has 12 rings (SSSR count). The van der Waals surface area contributed by atoms with Crippen molar-refractivity contribution in [2.75, 3.05) is 41.2 Å². The van der Waals surface area contributed by atoms with Crippen LogP contribution in [0.25, 0.3) is 44.5 Å². The molecular formula is C67H65Cl2F2N7O9S2. The van der Waals surface area contributed by atoms with Crippen LogP contribution in [0.4, 0.5) is 31.8 Å². The summed E-state index contributed by atoms with van der Waals surface area (Å²) >= 11 is 13.0. The highest BCUT2D eigenvalue weighted by Crippen LogP contribution is 2.36. The summed E-state index contributed by atoms with van der Waals surface area (Å²) in [4.78, 5) is 29.8. The van der Waals surface area contributed by atoms with Gasteiger partial charge in [-0.3, -0.25) is 9.69 Å². The summed E-state index contributed by atoms with van der Waals surface area (Å²) in [7, 11) is -6.01. The number of unbranched alkanes of at least 4 members (excludes halogenated alkanes) is 1. The highest BCUT2D eigenvalue weighted by atomic mass is 35.5. The van der Waals surface area contributed by atoms with Gasteiger partial charge in [0.05, 0.1) is 33.4 Å². The zero-order valence-corrected chi connectivity index (χ0v) is 52.1. The summed E-state index contributed by atoms with van der Waals surface area (Å²) in [6.07, 6.45) is 13.7. The molecule has 0 saturated heterocycles. The van der Waals surface area contributed by atoms with Crippen LogP contribution in [-0.2, 0) is 50.6 Å². The number of ketones is 1. The summed E-state index contributed by atoms with van der Waals surface area (Å²) in [6, 6.07) is 42.9. The van der Waals surface area contributed by atoms with Crippen LogP contribution in [0.5, 0.6) is 11.5 Å². The van der Waals surface area contributed by atoms with E-state index in [0.29, 0.717) is 105 Å². The number of hydrogen-bond acceptors (Lipinski definition) is 16. The van der Waals surface area contributed by atoms with Crippen molar-refractivity contribution in [3.63, 3.8) is 0 Å². The van der Waals surface area contributed by atoms with Crippen LogP contribution in [0.3, 0.4) is 0 Å². The molecule has 2 fully saturated rings. The van der Waals surface area contributed by atoms with E-state index < -0.39 is 19.7 Å². The minimum Gasteiger partial charge on any atom is -0.487 e. The second-order valence-electron chi connectivity index (χ2n) is 22.0. The summed E-state index contributed by atoms with van der Waals surface area (Å²) in [5, 5.41) is 9.04. The number of fused-ring (bicyclic) bond motifs is 2. The number of hydrogen-bond donors (Lipinski definition) is 2. The number of ether oxygens (including phenoxy) is 2. The zero-order chi connectivity index (χ0) is 62.5. The van der Waals surface area contributed by atoms with E-state index in [2.05, 4.69) is 35.5 Å². The van der Waals surface area contributed by atoms with Crippen LogP contribution < -0.4 is 20.1 Å². The smallest absolute Gasteiger partial charge is 0.148 e. The maximum absolute atomic E-state index is 13.5. The normalized spacial score (nSPS) is 13.2. The van der Waals surface area contributed by atoms with E-state index in [-0.39, 0.29) is 36.4 Å². The molecule has 0 aliphatic heterocycles. The van der Waals surface area contributed by atoms with Crippen molar-refractivity contribution in [3.05, 3.63) is 203 Å². The number of sulfone groups is 2. The lowest BCUT2D eigenvalue weighted by Gasteiger charge is -2.36. The van der Waals surface area contributed by atoms with Crippen molar-refractivity contribution >= 4 is 93.5 Å². The Labute approximate surface area is 525 Å². The zero-order valence-electron chi connectivity index (χ0n) is 48.9. The number of benzene rings is 6. The molecule has 0 bridgehead atoms. The molecule has 462 valence electrons. The van der Waals surface area contributed by atoms with E-state index >= 15 is 0 Å². The highest BCUT2D eigenvalue weighted by molar-refractivity contribution is 7.90. The molecule has 0 amide bonds. The maximum Gasteiger partial charge on any atom is 0.148 e. The average Bonchev–Trinajstić information content (AvgIpc) is 1.88. The van der Waals surface area contributed by atoms with Gasteiger partial charge < -0.3 is 28.9 Å². The molecule has 4 aromatic heterocycles. The summed E-state index contributed by atoms with van der Waals surface area (Å²) in [5.74, 6) is 5.28. The Balaban J connectivity index is 0.000000182. The van der Waals surface area contributed by atoms with Gasteiger partial charge in [0.2, 0.25) is 0 Å². The number of anilines is 4. The standard InChI is InChI=1S/C33H32ClFN4O4S.C30H27ClFN3O4S.C4H6O/c1-44(40,41)15-14-39(26-6-3-7-26)19-27-10-13-31(43-27)23-8-11-30-28(17-23)33(37-21-36-30)38-25-9-12-32(29(34)18-25)42-20-22-4-2-5-24(35)16-22;1-40(36,37)14-3-2-7-24-10-13-28(39-24)21-8-11-27-25(16-21)30(34-19-33-27)35-23-9-12-29(26(31)17-23)38-18-20-5-4-6-22(32)15-20;5-4-2-1-3-4/h2,4-5,8-13,16-18,21,26H,3,6-7,14-15,19-20H2,1H3,(H,36,37,38);4-6,8-13,15-17,19H,2-3,7,14,18H2,1H3,(H,33,34,35);1-3H2. The SMILES string of the molecule is CS(=O)(=O)CCCCc1ccc(-c2ccc3ncnc(Nc4ccc(OCc5cccc(F)c5)c(Cl)c4)c3c2)o1.CS(=O)(=O)CCN(Cc1ccc(-c2ccc3ncnc(Nc4ccc(OCc5cccc(F)c5)c(Cl)c4)c3c2)o1)C1CCC1.O=C1CCC1. The number of Topliss-reactive ketones (excluding diaryl/α,β-unsaturated/α-hetero) is 1. The first-order valence-corrected chi connectivity index (χ1v) is 33.9. The van der Waals surface area contributed by atoms with Gasteiger partial charge >= 0.3 is 0 Å². The number of carbonyl (C=O) groups excluding carboxylic acids is 1. The second kappa shape index (κ2) is 29.4. The molecule has 10 aromatic rings. The first-order valence-electron chi connectivity index (χ1n) is 29.0. The molecule has 2 aliphatic carbocycles. The molecule has 0 spiro atoms. The number of nitrogens with one attached hydrogen (secondary N) is 2. The Morgan fingerprint density at radius 3 is 1.54 bits per heavy atom. The van der Waals surface area contributed by atoms with E-state index in [1.54, 1.807) is 48.5 Å². The van der Waals surface area contributed by atoms with Gasteiger partial charge in [-0.25, -0.2) is 45.6 Å². The van der Waals surface area contributed by atoms with Crippen molar-refractivity contribution < 1.29 is 48.7 Å². The molecule has 22 heteroatoms. The maximum atomic E-state index is 13.5. The van der Waals surface area contributed by atoms with Gasteiger partial charge in [-0.05, 0) is 165 Å². The average molecular weight is 1290 g/mol. The lowest BCUT2D eigenvalue weighted by atomic mass is 9.91. The minimum atomic E-state index is -3.05. The number of furan rings is 2. The lowest BCUT2D eigenvalue weighted by Crippen LogP contribution is -2.41. The second-order valence-corrected chi connectivity index (χ2v) is 27.3. The van der Waals surface area contributed by atoms with Gasteiger partial charge in [0.15, 0.2) is 0 Å². The van der Waals surface area contributed by atoms with E-state index in [0.717, 1.165) is 83.0 Å². The molecule has 0 unspecified atom stereocenters. The van der Waals surface area contributed by atoms with Crippen LogP contribution >= 0.6 is 23.2 Å². The fourth-order valence-electron chi connectivity index (χ4n) is 9.76. The molecule has 2 saturated carbocycles. The molecule has 0 radical (unpaired) electrons. The van der Waals surface area contributed by atoms with Crippen molar-refractivity contribution in [2.24, 2.45) is 0 Å². The minimum absolute atomic E-state index is 0.132. The van der Waals surface area contributed by atoms with Crippen LogP contribution in [0.2, 0.25) is 10.0 Å². The summed E-state index contributed by atoms with van der Waals surface area (Å²) < 4.78 is 97.0. The fraction of sp³-hybridized carbons (Fsp3) is 0.269. The Hall–Kier alpha value is -8.27. The van der Waals surface area contributed by atoms with Crippen molar-refractivity contribution in [1.29, 1.82) is 0 Å². The number of carbonyl (C=O) groups is 1. The molecule has 0 atom stereocenters. The first kappa shape index (κ1) is 63.7. The predicted octanol–water partition coefficient (Wildman–Crippen LogP) is 15.5. The number of aryl methyl sites for hydroxylation is 1. The number of aromatic nitrogens is 4. The molecule has 6 aromatic carbocycles. The molecule has 2 aliphatic rings. The molecule has 2 N–H and O–H groups in total. The van der Waals surface area contributed by atoms with Crippen molar-refractivity contribution in [1.82, 2.24) is 24.8 Å². The quantitative estimate of drug-likeness (QED) is 0.0571. The third-order valence-electron chi connectivity index (χ3n) is 14.9. The lowest BCUT2D eigenvalue weighted by molar-refractivity contribution is -0.123. The number of halogens is 4. The van der Waals surface area contributed by atoms with Gasteiger partial charge in [0, 0.05) is 83.4 Å². The van der Waals surface area contributed by atoms with Crippen LogP contribution in [0.15, 0.2) is 167 Å². The Morgan fingerprint density at radius 1 is 0.584 bits per heavy atom. The van der Waals surface area contributed by atoms with Crippen LogP contribution in [0, 0.1) is 11.6 Å².